The van der Waals surface area contributed by atoms with Crippen molar-refractivity contribution in [2.75, 3.05) is 25.0 Å². The number of hydrogen-bond acceptors (Lipinski definition) is 2. The summed E-state index contributed by atoms with van der Waals surface area (Å²) in [5.74, 6) is 0. The molecule has 0 aliphatic heterocycles. The molecule has 92 valence electrons. The quantitative estimate of drug-likeness (QED) is 0.652. The zero-order chi connectivity index (χ0) is 11.6. The van der Waals surface area contributed by atoms with Crippen molar-refractivity contribution in [1.29, 1.82) is 0 Å². The van der Waals surface area contributed by atoms with Crippen molar-refractivity contribution in [3.8, 4) is 0 Å². The van der Waals surface area contributed by atoms with Crippen molar-refractivity contribution < 1.29 is 0 Å². The highest BCUT2D eigenvalue weighted by Crippen LogP contribution is 2.00. The van der Waals surface area contributed by atoms with E-state index in [-0.39, 0.29) is 0 Å². The van der Waals surface area contributed by atoms with E-state index in [4.69, 9.17) is 0 Å². The lowest BCUT2D eigenvalue weighted by atomic mass is 10.3. The SMILES string of the molecule is CCCCN(CCBr)CCCn1ccnc1. The average Bonchev–Trinajstić information content (AvgIpc) is 2.79. The van der Waals surface area contributed by atoms with Gasteiger partial charge in [0.05, 0.1) is 6.33 Å². The van der Waals surface area contributed by atoms with E-state index in [2.05, 4.69) is 37.3 Å². The fraction of sp³-hybridized carbons (Fsp3) is 0.750. The maximum atomic E-state index is 4.05. The Hall–Kier alpha value is -0.350. The van der Waals surface area contributed by atoms with Crippen molar-refractivity contribution in [3.63, 3.8) is 0 Å². The third-order valence-corrected chi connectivity index (χ3v) is 3.03. The summed E-state index contributed by atoms with van der Waals surface area (Å²) in [7, 11) is 0. The molecule has 0 aliphatic rings. The molecule has 0 saturated carbocycles. The van der Waals surface area contributed by atoms with Gasteiger partial charge in [0.15, 0.2) is 0 Å². The summed E-state index contributed by atoms with van der Waals surface area (Å²) < 4.78 is 2.14. The number of unbranched alkanes of at least 4 members (excludes halogenated alkanes) is 1. The molecule has 16 heavy (non-hydrogen) atoms. The van der Waals surface area contributed by atoms with Crippen molar-refractivity contribution in [1.82, 2.24) is 14.5 Å². The van der Waals surface area contributed by atoms with Crippen LogP contribution in [0.1, 0.15) is 26.2 Å². The molecule has 0 unspecified atom stereocenters. The first-order chi connectivity index (χ1) is 7.86. The predicted octanol–water partition coefficient (Wildman–Crippen LogP) is 2.77. The fourth-order valence-corrected chi connectivity index (χ4v) is 2.23. The van der Waals surface area contributed by atoms with Gasteiger partial charge >= 0.3 is 0 Å². The molecule has 1 aromatic heterocycles. The largest absolute Gasteiger partial charge is 0.337 e. The normalized spacial score (nSPS) is 11.2. The van der Waals surface area contributed by atoms with Crippen molar-refractivity contribution in [2.24, 2.45) is 0 Å². The lowest BCUT2D eigenvalue weighted by molar-refractivity contribution is 0.277. The lowest BCUT2D eigenvalue weighted by Crippen LogP contribution is -2.28. The highest BCUT2D eigenvalue weighted by molar-refractivity contribution is 9.09. The topological polar surface area (TPSA) is 21.1 Å². The molecule has 1 aromatic rings. The molecule has 0 N–H and O–H groups in total. The van der Waals surface area contributed by atoms with E-state index >= 15 is 0 Å². The smallest absolute Gasteiger partial charge is 0.0945 e. The number of aryl methyl sites for hydroxylation is 1. The molecule has 0 aliphatic carbocycles. The maximum Gasteiger partial charge on any atom is 0.0945 e. The van der Waals surface area contributed by atoms with Crippen LogP contribution in [0.5, 0.6) is 0 Å². The van der Waals surface area contributed by atoms with Gasteiger partial charge in [0.1, 0.15) is 0 Å². The minimum Gasteiger partial charge on any atom is -0.337 e. The first kappa shape index (κ1) is 13.7. The van der Waals surface area contributed by atoms with Crippen LogP contribution in [-0.2, 0) is 6.54 Å². The molecule has 0 radical (unpaired) electrons. The number of imidazole rings is 1. The summed E-state index contributed by atoms with van der Waals surface area (Å²) in [4.78, 5) is 6.58. The van der Waals surface area contributed by atoms with Gasteiger partial charge in [0.2, 0.25) is 0 Å². The number of halogens is 1. The molecule has 0 spiro atoms. The number of rotatable bonds is 9. The van der Waals surface area contributed by atoms with E-state index in [1.54, 1.807) is 0 Å². The fourth-order valence-electron chi connectivity index (χ4n) is 1.73. The second-order valence-electron chi connectivity index (χ2n) is 4.04. The van der Waals surface area contributed by atoms with Gasteiger partial charge in [-0.25, -0.2) is 4.98 Å². The number of alkyl halides is 1. The van der Waals surface area contributed by atoms with Crippen molar-refractivity contribution in [2.45, 2.75) is 32.7 Å². The summed E-state index contributed by atoms with van der Waals surface area (Å²) in [5.41, 5.74) is 0. The van der Waals surface area contributed by atoms with Crippen LogP contribution < -0.4 is 0 Å². The molecular weight excluding hydrogens is 266 g/mol. The van der Waals surface area contributed by atoms with Gasteiger partial charge in [-0.3, -0.25) is 0 Å². The Labute approximate surface area is 107 Å². The van der Waals surface area contributed by atoms with E-state index in [1.807, 2.05) is 18.7 Å². The Morgan fingerprint density at radius 3 is 2.69 bits per heavy atom. The number of nitrogens with zero attached hydrogens (tertiary/aromatic N) is 3. The van der Waals surface area contributed by atoms with Crippen molar-refractivity contribution in [3.05, 3.63) is 18.7 Å². The predicted molar refractivity (Wildman–Crippen MR) is 72.0 cm³/mol. The van der Waals surface area contributed by atoms with E-state index in [9.17, 15) is 0 Å². The van der Waals surface area contributed by atoms with Crippen LogP contribution in [-0.4, -0.2) is 39.4 Å². The molecule has 1 heterocycles. The Balaban J connectivity index is 2.15. The summed E-state index contributed by atoms with van der Waals surface area (Å²) in [5, 5.41) is 1.07. The van der Waals surface area contributed by atoms with Gasteiger partial charge in [0.25, 0.3) is 0 Å². The number of aromatic nitrogens is 2. The van der Waals surface area contributed by atoms with Crippen LogP contribution in [0.3, 0.4) is 0 Å². The summed E-state index contributed by atoms with van der Waals surface area (Å²) in [6, 6.07) is 0. The van der Waals surface area contributed by atoms with E-state index in [0.29, 0.717) is 0 Å². The van der Waals surface area contributed by atoms with Crippen LogP contribution in [0.15, 0.2) is 18.7 Å². The summed E-state index contributed by atoms with van der Waals surface area (Å²) >= 11 is 3.52. The Morgan fingerprint density at radius 2 is 2.06 bits per heavy atom. The molecule has 1 rings (SSSR count). The van der Waals surface area contributed by atoms with Crippen LogP contribution in [0.4, 0.5) is 0 Å². The Kier molecular flexibility index (Phi) is 7.51. The molecular formula is C12H22BrN3. The molecule has 0 fully saturated rings. The van der Waals surface area contributed by atoms with E-state index in [0.717, 1.165) is 18.4 Å². The molecule has 3 nitrogen and oxygen atoms in total. The second kappa shape index (κ2) is 8.76. The van der Waals surface area contributed by atoms with Gasteiger partial charge in [-0.2, -0.15) is 0 Å². The Morgan fingerprint density at radius 1 is 1.25 bits per heavy atom. The first-order valence-corrected chi connectivity index (χ1v) is 7.23. The van der Waals surface area contributed by atoms with Crippen LogP contribution >= 0.6 is 15.9 Å². The summed E-state index contributed by atoms with van der Waals surface area (Å²) in [6.45, 7) is 6.89. The zero-order valence-electron chi connectivity index (χ0n) is 10.1. The molecule has 0 aromatic carbocycles. The van der Waals surface area contributed by atoms with Gasteiger partial charge < -0.3 is 9.47 Å². The average molecular weight is 288 g/mol. The molecule has 4 heteroatoms. The Bertz CT molecular complexity index is 249. The zero-order valence-corrected chi connectivity index (χ0v) is 11.7. The monoisotopic (exact) mass is 287 g/mol. The maximum absolute atomic E-state index is 4.05. The first-order valence-electron chi connectivity index (χ1n) is 6.11. The van der Waals surface area contributed by atoms with Gasteiger partial charge in [0, 0.05) is 30.8 Å². The van der Waals surface area contributed by atoms with E-state index < -0.39 is 0 Å². The van der Waals surface area contributed by atoms with E-state index in [1.165, 1.54) is 32.4 Å². The van der Waals surface area contributed by atoms with Crippen molar-refractivity contribution >= 4 is 15.9 Å². The third kappa shape index (κ3) is 5.66. The summed E-state index contributed by atoms with van der Waals surface area (Å²) in [6.07, 6.45) is 9.54. The van der Waals surface area contributed by atoms with Gasteiger partial charge in [-0.15, -0.1) is 0 Å². The van der Waals surface area contributed by atoms with Crippen LogP contribution in [0, 0.1) is 0 Å². The van der Waals surface area contributed by atoms with Crippen LogP contribution in [0.2, 0.25) is 0 Å². The molecule has 0 saturated heterocycles. The highest BCUT2D eigenvalue weighted by Gasteiger charge is 2.02. The van der Waals surface area contributed by atoms with Crippen LogP contribution in [0.25, 0.3) is 0 Å². The lowest BCUT2D eigenvalue weighted by Gasteiger charge is -2.20. The minimum atomic E-state index is 1.07. The van der Waals surface area contributed by atoms with Gasteiger partial charge in [-0.05, 0) is 25.9 Å². The molecule has 0 amide bonds. The number of hydrogen-bond donors (Lipinski definition) is 0. The third-order valence-electron chi connectivity index (χ3n) is 2.68. The standard InChI is InChI=1S/C12H22BrN3/c1-2-3-7-15(10-5-13)8-4-9-16-11-6-14-12-16/h6,11-12H,2-5,7-10H2,1H3. The minimum absolute atomic E-state index is 1.07. The molecule has 0 atom stereocenters. The molecule has 0 bridgehead atoms. The second-order valence-corrected chi connectivity index (χ2v) is 4.83. The van der Waals surface area contributed by atoms with Gasteiger partial charge in [-0.1, -0.05) is 29.3 Å². The highest BCUT2D eigenvalue weighted by atomic mass is 79.9.